The van der Waals surface area contributed by atoms with Gasteiger partial charge in [0.2, 0.25) is 0 Å². The zero-order valence-corrected chi connectivity index (χ0v) is 12.7. The molecule has 9 heteroatoms. The average molecular weight is 336 g/mol. The van der Waals surface area contributed by atoms with Crippen LogP contribution in [-0.4, -0.2) is 86.1 Å². The van der Waals surface area contributed by atoms with E-state index >= 15 is 0 Å². The number of aliphatic hydroxyl groups excluding tert-OH is 5. The van der Waals surface area contributed by atoms with E-state index in [0.29, 0.717) is 0 Å². The molecule has 0 radical (unpaired) electrons. The molecule has 23 heavy (non-hydrogen) atoms. The van der Waals surface area contributed by atoms with Crippen LogP contribution in [-0.2, 0) is 14.3 Å². The smallest absolute Gasteiger partial charge is 0.309 e. The van der Waals surface area contributed by atoms with Crippen molar-refractivity contribution in [2.24, 2.45) is 11.8 Å². The van der Waals surface area contributed by atoms with Crippen LogP contribution in [0.3, 0.4) is 0 Å². The van der Waals surface area contributed by atoms with Gasteiger partial charge in [-0.05, 0) is 12.8 Å². The molecule has 6 N–H and O–H groups in total. The van der Waals surface area contributed by atoms with Gasteiger partial charge in [0.1, 0.15) is 24.4 Å². The summed E-state index contributed by atoms with van der Waals surface area (Å²) >= 11 is 0. The largest absolute Gasteiger partial charge is 0.481 e. The Morgan fingerprint density at radius 1 is 1.13 bits per heavy atom. The maximum Gasteiger partial charge on any atom is 0.309 e. The second kappa shape index (κ2) is 7.39. The molecular weight excluding hydrogens is 312 g/mol. The molecular formula is C14H24O9. The van der Waals surface area contributed by atoms with Gasteiger partial charge in [0.05, 0.1) is 24.7 Å². The van der Waals surface area contributed by atoms with Gasteiger partial charge >= 0.3 is 5.97 Å². The second-order valence-electron chi connectivity index (χ2n) is 6.25. The topological polar surface area (TPSA) is 157 Å². The summed E-state index contributed by atoms with van der Waals surface area (Å²) in [6.45, 7) is 0.983. The van der Waals surface area contributed by atoms with Crippen LogP contribution in [0.5, 0.6) is 0 Å². The van der Waals surface area contributed by atoms with Crippen molar-refractivity contribution >= 4 is 5.97 Å². The van der Waals surface area contributed by atoms with Crippen molar-refractivity contribution in [2.75, 3.05) is 6.61 Å². The Morgan fingerprint density at radius 3 is 2.35 bits per heavy atom. The van der Waals surface area contributed by atoms with Crippen LogP contribution < -0.4 is 0 Å². The van der Waals surface area contributed by atoms with E-state index in [-0.39, 0.29) is 12.8 Å². The molecule has 2 aliphatic rings. The molecule has 0 spiro atoms. The van der Waals surface area contributed by atoms with Gasteiger partial charge < -0.3 is 40.1 Å². The zero-order valence-electron chi connectivity index (χ0n) is 12.7. The van der Waals surface area contributed by atoms with Crippen molar-refractivity contribution in [2.45, 2.75) is 62.7 Å². The van der Waals surface area contributed by atoms with Crippen LogP contribution in [0.15, 0.2) is 0 Å². The maximum atomic E-state index is 11.3. The molecule has 0 aromatic carbocycles. The van der Waals surface area contributed by atoms with Gasteiger partial charge in [-0.1, -0.05) is 6.92 Å². The highest BCUT2D eigenvalue weighted by atomic mass is 16.7. The van der Waals surface area contributed by atoms with E-state index < -0.39 is 67.3 Å². The van der Waals surface area contributed by atoms with Gasteiger partial charge in [0, 0.05) is 5.92 Å². The first-order valence-corrected chi connectivity index (χ1v) is 7.64. The highest BCUT2D eigenvalue weighted by molar-refractivity contribution is 5.71. The lowest BCUT2D eigenvalue weighted by Gasteiger charge is -2.44. The van der Waals surface area contributed by atoms with E-state index in [1.54, 1.807) is 0 Å². The van der Waals surface area contributed by atoms with Crippen molar-refractivity contribution in [1.82, 2.24) is 0 Å². The summed E-state index contributed by atoms with van der Waals surface area (Å²) in [7, 11) is 0. The molecule has 9 nitrogen and oxygen atoms in total. The third kappa shape index (κ3) is 3.66. The van der Waals surface area contributed by atoms with Gasteiger partial charge in [0.15, 0.2) is 6.29 Å². The molecule has 0 bridgehead atoms. The Hall–Kier alpha value is -0.810. The van der Waals surface area contributed by atoms with Crippen LogP contribution in [0.4, 0.5) is 0 Å². The SMILES string of the molecule is CC1[C@H](O[C@H]2C(C(=O)O)CCC(O)[C@H]2O)OC(CO)[C@H](O)[C@@H]1O. The van der Waals surface area contributed by atoms with Gasteiger partial charge in [0.25, 0.3) is 0 Å². The normalized spacial score (nSPS) is 48.2. The fourth-order valence-electron chi connectivity index (χ4n) is 3.11. The summed E-state index contributed by atoms with van der Waals surface area (Å²) in [5.74, 6) is -2.90. The molecule has 134 valence electrons. The number of aliphatic carboxylic acids is 1. The van der Waals surface area contributed by atoms with Gasteiger partial charge in [-0.25, -0.2) is 0 Å². The lowest BCUT2D eigenvalue weighted by molar-refractivity contribution is -0.311. The van der Waals surface area contributed by atoms with Crippen molar-refractivity contribution in [3.63, 3.8) is 0 Å². The van der Waals surface area contributed by atoms with E-state index in [0.717, 1.165) is 0 Å². The molecule has 2 fully saturated rings. The zero-order chi connectivity index (χ0) is 17.3. The molecule has 1 aliphatic carbocycles. The first-order chi connectivity index (χ1) is 10.8. The summed E-state index contributed by atoms with van der Waals surface area (Å²) < 4.78 is 10.9. The minimum Gasteiger partial charge on any atom is -0.481 e. The van der Waals surface area contributed by atoms with Crippen LogP contribution in [0.2, 0.25) is 0 Å². The van der Waals surface area contributed by atoms with E-state index in [2.05, 4.69) is 0 Å². The number of rotatable bonds is 4. The summed E-state index contributed by atoms with van der Waals surface area (Å²) in [5.41, 5.74) is 0. The Labute approximate surface area is 133 Å². The number of carboxylic acids is 1. The predicted molar refractivity (Wildman–Crippen MR) is 74.2 cm³/mol. The van der Waals surface area contributed by atoms with E-state index in [1.807, 2.05) is 0 Å². The van der Waals surface area contributed by atoms with Crippen LogP contribution in [0, 0.1) is 11.8 Å². The van der Waals surface area contributed by atoms with Crippen molar-refractivity contribution in [1.29, 1.82) is 0 Å². The molecule has 4 unspecified atom stereocenters. The van der Waals surface area contributed by atoms with Crippen molar-refractivity contribution in [3.8, 4) is 0 Å². The van der Waals surface area contributed by atoms with Crippen molar-refractivity contribution in [3.05, 3.63) is 0 Å². The maximum absolute atomic E-state index is 11.3. The van der Waals surface area contributed by atoms with Crippen LogP contribution in [0.25, 0.3) is 0 Å². The number of ether oxygens (including phenoxy) is 2. The minimum atomic E-state index is -1.41. The first-order valence-electron chi connectivity index (χ1n) is 7.64. The highest BCUT2D eigenvalue weighted by Crippen LogP contribution is 2.33. The molecule has 2 rings (SSSR count). The lowest BCUT2D eigenvalue weighted by Crippen LogP contribution is -2.59. The standard InChI is InChI=1S/C14H24O9/c1-5-9(17)11(19)8(4-15)22-14(5)23-12-6(13(20)21)2-3-7(16)10(12)18/h5-12,14-19H,2-4H2,1H3,(H,20,21)/t5?,6?,7?,8?,9-,10-,11+,12+,14+/m1/s1. The Balaban J connectivity index is 2.15. The van der Waals surface area contributed by atoms with Crippen LogP contribution in [0.1, 0.15) is 19.8 Å². The lowest BCUT2D eigenvalue weighted by atomic mass is 9.82. The number of hydrogen-bond donors (Lipinski definition) is 6. The third-order valence-electron chi connectivity index (χ3n) is 4.70. The van der Waals surface area contributed by atoms with E-state index in [4.69, 9.17) is 9.47 Å². The summed E-state index contributed by atoms with van der Waals surface area (Å²) in [6, 6.07) is 0. The summed E-state index contributed by atoms with van der Waals surface area (Å²) in [5, 5.41) is 58.0. The molecule has 1 saturated carbocycles. The number of carboxylic acid groups (broad SMARTS) is 1. The highest BCUT2D eigenvalue weighted by Gasteiger charge is 2.48. The molecule has 9 atom stereocenters. The Morgan fingerprint density at radius 2 is 1.78 bits per heavy atom. The molecule has 0 amide bonds. The van der Waals surface area contributed by atoms with Gasteiger partial charge in [-0.2, -0.15) is 0 Å². The quantitative estimate of drug-likeness (QED) is 0.331. The fraction of sp³-hybridized carbons (Fsp3) is 0.929. The van der Waals surface area contributed by atoms with Crippen molar-refractivity contribution < 1.29 is 44.9 Å². The van der Waals surface area contributed by atoms with Crippen LogP contribution >= 0.6 is 0 Å². The fourth-order valence-corrected chi connectivity index (χ4v) is 3.11. The number of aliphatic hydroxyl groups is 5. The van der Waals surface area contributed by atoms with E-state index in [1.165, 1.54) is 6.92 Å². The summed E-state index contributed by atoms with van der Waals surface area (Å²) in [4.78, 5) is 11.3. The molecule has 1 aliphatic heterocycles. The van der Waals surface area contributed by atoms with Gasteiger partial charge in [-0.15, -0.1) is 0 Å². The molecule has 1 saturated heterocycles. The first kappa shape index (κ1) is 18.5. The minimum absolute atomic E-state index is 0.133. The van der Waals surface area contributed by atoms with Gasteiger partial charge in [-0.3, -0.25) is 4.79 Å². The number of carbonyl (C=O) groups is 1. The second-order valence-corrected chi connectivity index (χ2v) is 6.25. The summed E-state index contributed by atoms with van der Waals surface area (Å²) in [6.07, 6.45) is -8.21. The molecule has 0 aromatic rings. The van der Waals surface area contributed by atoms with E-state index in [9.17, 15) is 35.4 Å². The molecule has 0 aromatic heterocycles. The number of hydrogen-bond acceptors (Lipinski definition) is 8. The monoisotopic (exact) mass is 336 g/mol. The predicted octanol–water partition coefficient (Wildman–Crippen LogP) is -2.34. The third-order valence-corrected chi connectivity index (χ3v) is 4.70. The Kier molecular flexibility index (Phi) is 5.95. The Bertz CT molecular complexity index is 415. The average Bonchev–Trinajstić information content (AvgIpc) is 2.51. The molecule has 1 heterocycles.